The lowest BCUT2D eigenvalue weighted by Crippen LogP contribution is -2.07. The topological polar surface area (TPSA) is 64.3 Å². The summed E-state index contributed by atoms with van der Waals surface area (Å²) in [6.45, 7) is 2.53. The van der Waals surface area contributed by atoms with E-state index in [1.165, 1.54) is 4.68 Å². The molecule has 0 unspecified atom stereocenters. The van der Waals surface area contributed by atoms with Gasteiger partial charge in [-0.3, -0.25) is 0 Å². The van der Waals surface area contributed by atoms with Crippen LogP contribution in [0, 0.1) is 0 Å². The minimum Gasteiger partial charge on any atom is -0.494 e. The number of para-hydroxylation sites is 1. The Morgan fingerprint density at radius 3 is 2.43 bits per heavy atom. The summed E-state index contributed by atoms with van der Waals surface area (Å²) in [4.78, 5) is 11.5. The largest absolute Gasteiger partial charge is 0.494 e. The van der Waals surface area contributed by atoms with E-state index in [0.29, 0.717) is 18.0 Å². The molecule has 116 valence electrons. The van der Waals surface area contributed by atoms with Crippen LogP contribution in [0.5, 0.6) is 5.75 Å². The van der Waals surface area contributed by atoms with Gasteiger partial charge >= 0.3 is 5.97 Å². The van der Waals surface area contributed by atoms with Crippen LogP contribution in [0.15, 0.2) is 60.7 Å². The van der Waals surface area contributed by atoms with E-state index in [-0.39, 0.29) is 5.69 Å². The average Bonchev–Trinajstić information content (AvgIpc) is 3.02. The predicted octanol–water partition coefficient (Wildman–Crippen LogP) is 3.64. The molecule has 0 radical (unpaired) electrons. The number of aromatic carboxylic acids is 1. The molecule has 5 heteroatoms. The van der Waals surface area contributed by atoms with Crippen LogP contribution >= 0.6 is 0 Å². The summed E-state index contributed by atoms with van der Waals surface area (Å²) in [5, 5.41) is 13.9. The Hall–Kier alpha value is -3.08. The first-order valence-corrected chi connectivity index (χ1v) is 7.31. The number of carbonyl (C=O) groups is 1. The molecule has 23 heavy (non-hydrogen) atoms. The molecule has 3 aromatic rings. The zero-order chi connectivity index (χ0) is 16.2. The molecule has 0 atom stereocenters. The number of rotatable bonds is 5. The summed E-state index contributed by atoms with van der Waals surface area (Å²) in [5.41, 5.74) is 2.28. The standard InChI is InChI=1S/C18H16N2O3/c1-2-23-15-10-8-13(9-11-15)16-12-17(18(21)22)20(19-16)14-6-4-3-5-7-14/h3-12H,2H2,1H3,(H,21,22). The first kappa shape index (κ1) is 14.8. The van der Waals surface area contributed by atoms with Crippen LogP contribution in [-0.4, -0.2) is 27.5 Å². The highest BCUT2D eigenvalue weighted by molar-refractivity contribution is 5.88. The molecule has 0 aliphatic carbocycles. The molecule has 5 nitrogen and oxygen atoms in total. The quantitative estimate of drug-likeness (QED) is 0.781. The maximum absolute atomic E-state index is 11.5. The second kappa shape index (κ2) is 6.36. The summed E-state index contributed by atoms with van der Waals surface area (Å²) >= 11 is 0. The molecule has 0 aliphatic heterocycles. The second-order valence-corrected chi connectivity index (χ2v) is 4.92. The number of nitrogens with zero attached hydrogens (tertiary/aromatic N) is 2. The molecule has 1 heterocycles. The van der Waals surface area contributed by atoms with Crippen LogP contribution < -0.4 is 4.74 Å². The Morgan fingerprint density at radius 1 is 1.13 bits per heavy atom. The maximum Gasteiger partial charge on any atom is 0.354 e. The third-order valence-electron chi connectivity index (χ3n) is 3.39. The van der Waals surface area contributed by atoms with Gasteiger partial charge in [0.25, 0.3) is 0 Å². The number of hydrogen-bond donors (Lipinski definition) is 1. The van der Waals surface area contributed by atoms with Crippen molar-refractivity contribution in [1.82, 2.24) is 9.78 Å². The van der Waals surface area contributed by atoms with Crippen molar-refractivity contribution in [3.8, 4) is 22.7 Å². The normalized spacial score (nSPS) is 10.5. The van der Waals surface area contributed by atoms with Crippen LogP contribution in [-0.2, 0) is 0 Å². The maximum atomic E-state index is 11.5. The van der Waals surface area contributed by atoms with E-state index in [4.69, 9.17) is 4.74 Å². The Bertz CT molecular complexity index is 808. The Kier molecular flexibility index (Phi) is 4.10. The third-order valence-corrected chi connectivity index (χ3v) is 3.39. The molecule has 0 spiro atoms. The molecule has 3 rings (SSSR count). The second-order valence-electron chi connectivity index (χ2n) is 4.92. The summed E-state index contributed by atoms with van der Waals surface area (Å²) in [5.74, 6) is -0.240. The van der Waals surface area contributed by atoms with Gasteiger partial charge in [0.1, 0.15) is 5.75 Å². The highest BCUT2D eigenvalue weighted by atomic mass is 16.5. The van der Waals surface area contributed by atoms with Crippen LogP contribution in [0.3, 0.4) is 0 Å². The van der Waals surface area contributed by atoms with E-state index in [9.17, 15) is 9.90 Å². The highest BCUT2D eigenvalue weighted by Crippen LogP contribution is 2.24. The van der Waals surface area contributed by atoms with Crippen molar-refractivity contribution in [2.45, 2.75) is 6.92 Å². The van der Waals surface area contributed by atoms with Crippen molar-refractivity contribution in [1.29, 1.82) is 0 Å². The lowest BCUT2D eigenvalue weighted by Gasteiger charge is -2.04. The number of carboxylic acids is 1. The minimum absolute atomic E-state index is 0.125. The van der Waals surface area contributed by atoms with Crippen LogP contribution in [0.4, 0.5) is 0 Å². The van der Waals surface area contributed by atoms with Crippen molar-refractivity contribution in [3.05, 3.63) is 66.4 Å². The number of hydrogen-bond acceptors (Lipinski definition) is 3. The van der Waals surface area contributed by atoms with Crippen molar-refractivity contribution in [2.75, 3.05) is 6.61 Å². The van der Waals surface area contributed by atoms with E-state index in [1.807, 2.05) is 61.5 Å². The molecule has 0 bridgehead atoms. The first-order valence-electron chi connectivity index (χ1n) is 7.31. The zero-order valence-electron chi connectivity index (χ0n) is 12.6. The SMILES string of the molecule is CCOc1ccc(-c2cc(C(=O)O)n(-c3ccccc3)n2)cc1. The molecule has 0 saturated heterocycles. The highest BCUT2D eigenvalue weighted by Gasteiger charge is 2.16. The van der Waals surface area contributed by atoms with Crippen molar-refractivity contribution in [3.63, 3.8) is 0 Å². The number of ether oxygens (including phenoxy) is 1. The molecule has 1 N–H and O–H groups in total. The Morgan fingerprint density at radius 2 is 1.83 bits per heavy atom. The van der Waals surface area contributed by atoms with Crippen molar-refractivity contribution in [2.24, 2.45) is 0 Å². The van der Waals surface area contributed by atoms with Gasteiger partial charge in [0.05, 0.1) is 18.0 Å². The molecular weight excluding hydrogens is 292 g/mol. The average molecular weight is 308 g/mol. The van der Waals surface area contributed by atoms with Crippen molar-refractivity contribution >= 4 is 5.97 Å². The van der Waals surface area contributed by atoms with Crippen LogP contribution in [0.2, 0.25) is 0 Å². The van der Waals surface area contributed by atoms with Crippen LogP contribution in [0.1, 0.15) is 17.4 Å². The van der Waals surface area contributed by atoms with E-state index in [0.717, 1.165) is 11.3 Å². The molecule has 0 aliphatic rings. The van der Waals surface area contributed by atoms with Gasteiger partial charge in [-0.1, -0.05) is 18.2 Å². The fourth-order valence-corrected chi connectivity index (χ4v) is 2.33. The van der Waals surface area contributed by atoms with E-state index >= 15 is 0 Å². The molecule has 0 saturated carbocycles. The zero-order valence-corrected chi connectivity index (χ0v) is 12.6. The predicted molar refractivity (Wildman–Crippen MR) is 87.1 cm³/mol. The Labute approximate surface area is 133 Å². The van der Waals surface area contributed by atoms with Gasteiger partial charge in [-0.15, -0.1) is 0 Å². The fourth-order valence-electron chi connectivity index (χ4n) is 2.33. The smallest absolute Gasteiger partial charge is 0.354 e. The van der Waals surface area contributed by atoms with Crippen LogP contribution in [0.25, 0.3) is 16.9 Å². The fraction of sp³-hybridized carbons (Fsp3) is 0.111. The molecule has 2 aromatic carbocycles. The number of carboxylic acid groups (broad SMARTS) is 1. The third kappa shape index (κ3) is 3.08. The monoisotopic (exact) mass is 308 g/mol. The van der Waals surface area contributed by atoms with Gasteiger partial charge in [-0.25, -0.2) is 9.48 Å². The van der Waals surface area contributed by atoms with Gasteiger partial charge in [0.15, 0.2) is 5.69 Å². The number of benzene rings is 2. The summed E-state index contributed by atoms with van der Waals surface area (Å²) in [6.07, 6.45) is 0. The molecule has 0 amide bonds. The van der Waals surface area contributed by atoms with Gasteiger partial charge in [-0.05, 0) is 49.4 Å². The van der Waals surface area contributed by atoms with E-state index < -0.39 is 5.97 Å². The van der Waals surface area contributed by atoms with E-state index in [1.54, 1.807) is 6.07 Å². The molecule has 0 fully saturated rings. The minimum atomic E-state index is -1.02. The summed E-state index contributed by atoms with van der Waals surface area (Å²) in [6, 6.07) is 18.2. The number of aromatic nitrogens is 2. The molecular formula is C18H16N2O3. The first-order chi connectivity index (χ1) is 11.2. The lowest BCUT2D eigenvalue weighted by atomic mass is 10.1. The van der Waals surface area contributed by atoms with Gasteiger partial charge in [0, 0.05) is 5.56 Å². The van der Waals surface area contributed by atoms with Gasteiger partial charge in [0.2, 0.25) is 0 Å². The molecule has 1 aromatic heterocycles. The summed E-state index contributed by atoms with van der Waals surface area (Å²) < 4.78 is 6.85. The Balaban J connectivity index is 2.02. The van der Waals surface area contributed by atoms with Crippen molar-refractivity contribution < 1.29 is 14.6 Å². The lowest BCUT2D eigenvalue weighted by molar-refractivity contribution is 0.0687. The summed E-state index contributed by atoms with van der Waals surface area (Å²) in [7, 11) is 0. The van der Waals surface area contributed by atoms with Gasteiger partial charge in [-0.2, -0.15) is 5.10 Å². The van der Waals surface area contributed by atoms with Gasteiger partial charge < -0.3 is 9.84 Å². The van der Waals surface area contributed by atoms with E-state index in [2.05, 4.69) is 5.10 Å².